The first kappa shape index (κ1) is 15.6. The van der Waals surface area contributed by atoms with E-state index in [0.717, 1.165) is 19.0 Å². The van der Waals surface area contributed by atoms with Crippen LogP contribution in [0.15, 0.2) is 18.2 Å². The van der Waals surface area contributed by atoms with Crippen LogP contribution in [0.3, 0.4) is 0 Å². The molecule has 1 aliphatic rings. The Bertz CT molecular complexity index is 431. The Morgan fingerprint density at radius 1 is 1.15 bits per heavy atom. The van der Waals surface area contributed by atoms with Gasteiger partial charge in [0.05, 0.1) is 0 Å². The molecule has 0 spiro atoms. The number of nitrogens with one attached hydrogen (secondary N) is 1. The van der Waals surface area contributed by atoms with Gasteiger partial charge < -0.3 is 5.32 Å². The predicted molar refractivity (Wildman–Crippen MR) is 88.3 cm³/mol. The summed E-state index contributed by atoms with van der Waals surface area (Å²) in [7, 11) is 0. The Hall–Kier alpha value is -0.820. The van der Waals surface area contributed by atoms with Crippen molar-refractivity contribution in [3.8, 4) is 0 Å². The van der Waals surface area contributed by atoms with E-state index in [-0.39, 0.29) is 0 Å². The third-order valence-electron chi connectivity index (χ3n) is 4.41. The molecule has 1 aromatic rings. The molecule has 1 N–H and O–H groups in total. The SMILES string of the molecule is CC(C)CNCC(C)(C)CCc1ccc2c(c1)CCC2. The summed E-state index contributed by atoms with van der Waals surface area (Å²) in [5.74, 6) is 0.738. The molecule has 0 radical (unpaired) electrons. The van der Waals surface area contributed by atoms with Crippen LogP contribution in [0.4, 0.5) is 0 Å². The average Bonchev–Trinajstić information content (AvgIpc) is 2.83. The normalized spacial score (nSPS) is 14.8. The van der Waals surface area contributed by atoms with E-state index < -0.39 is 0 Å². The van der Waals surface area contributed by atoms with Gasteiger partial charge in [0.1, 0.15) is 0 Å². The first-order valence-corrected chi connectivity index (χ1v) is 8.28. The third-order valence-corrected chi connectivity index (χ3v) is 4.41. The quantitative estimate of drug-likeness (QED) is 0.777. The summed E-state index contributed by atoms with van der Waals surface area (Å²) in [6, 6.07) is 7.17. The molecule has 20 heavy (non-hydrogen) atoms. The zero-order valence-electron chi connectivity index (χ0n) is 13.8. The predicted octanol–water partition coefficient (Wildman–Crippen LogP) is 4.38. The summed E-state index contributed by atoms with van der Waals surface area (Å²) in [5, 5.41) is 3.60. The van der Waals surface area contributed by atoms with Crippen molar-refractivity contribution in [2.75, 3.05) is 13.1 Å². The number of hydrogen-bond donors (Lipinski definition) is 1. The van der Waals surface area contributed by atoms with E-state index in [1.165, 1.54) is 37.7 Å². The maximum absolute atomic E-state index is 3.60. The summed E-state index contributed by atoms with van der Waals surface area (Å²) >= 11 is 0. The van der Waals surface area contributed by atoms with Gasteiger partial charge in [0.2, 0.25) is 0 Å². The lowest BCUT2D eigenvalue weighted by atomic mass is 9.85. The number of fused-ring (bicyclic) bond motifs is 1. The van der Waals surface area contributed by atoms with Gasteiger partial charge in [-0.2, -0.15) is 0 Å². The summed E-state index contributed by atoms with van der Waals surface area (Å²) in [5.41, 5.74) is 5.11. The minimum atomic E-state index is 0.383. The second-order valence-electron chi connectivity index (χ2n) is 7.65. The molecule has 0 unspecified atom stereocenters. The van der Waals surface area contributed by atoms with Gasteiger partial charge in [-0.15, -0.1) is 0 Å². The topological polar surface area (TPSA) is 12.0 Å². The van der Waals surface area contributed by atoms with Gasteiger partial charge in [-0.1, -0.05) is 45.9 Å². The van der Waals surface area contributed by atoms with E-state index in [1.54, 1.807) is 11.1 Å². The van der Waals surface area contributed by atoms with Crippen LogP contribution in [-0.2, 0) is 19.3 Å². The van der Waals surface area contributed by atoms with Crippen molar-refractivity contribution in [3.05, 3.63) is 34.9 Å². The molecular formula is C19H31N. The molecule has 0 aromatic heterocycles. The van der Waals surface area contributed by atoms with Crippen molar-refractivity contribution in [1.82, 2.24) is 5.32 Å². The van der Waals surface area contributed by atoms with Crippen LogP contribution in [0.2, 0.25) is 0 Å². The van der Waals surface area contributed by atoms with Crippen molar-refractivity contribution >= 4 is 0 Å². The third kappa shape index (κ3) is 4.63. The molecule has 0 aliphatic heterocycles. The molecule has 1 heteroatoms. The second-order valence-corrected chi connectivity index (χ2v) is 7.65. The van der Waals surface area contributed by atoms with E-state index in [0.29, 0.717) is 5.41 Å². The lowest BCUT2D eigenvalue weighted by Gasteiger charge is -2.26. The molecule has 2 rings (SSSR count). The Morgan fingerprint density at radius 3 is 2.65 bits per heavy atom. The van der Waals surface area contributed by atoms with E-state index in [4.69, 9.17) is 0 Å². The van der Waals surface area contributed by atoms with Crippen LogP contribution >= 0.6 is 0 Å². The highest BCUT2D eigenvalue weighted by molar-refractivity contribution is 5.35. The first-order valence-electron chi connectivity index (χ1n) is 8.28. The molecule has 112 valence electrons. The van der Waals surface area contributed by atoms with Crippen LogP contribution in [0.5, 0.6) is 0 Å². The van der Waals surface area contributed by atoms with Gasteiger partial charge in [0.25, 0.3) is 0 Å². The number of benzene rings is 1. The van der Waals surface area contributed by atoms with Gasteiger partial charge in [-0.05, 0) is 66.7 Å². The van der Waals surface area contributed by atoms with Crippen molar-refractivity contribution < 1.29 is 0 Å². The Balaban J connectivity index is 1.81. The molecule has 0 amide bonds. The minimum Gasteiger partial charge on any atom is -0.316 e. The molecule has 1 nitrogen and oxygen atoms in total. The summed E-state index contributed by atoms with van der Waals surface area (Å²) in [4.78, 5) is 0. The van der Waals surface area contributed by atoms with E-state index >= 15 is 0 Å². The number of rotatable bonds is 7. The zero-order chi connectivity index (χ0) is 14.6. The van der Waals surface area contributed by atoms with Crippen molar-refractivity contribution in [1.29, 1.82) is 0 Å². The fraction of sp³-hybridized carbons (Fsp3) is 0.684. The highest BCUT2D eigenvalue weighted by atomic mass is 14.9. The monoisotopic (exact) mass is 273 g/mol. The molecule has 0 atom stereocenters. The summed E-state index contributed by atoms with van der Waals surface area (Å²) in [6.45, 7) is 11.6. The van der Waals surface area contributed by atoms with Crippen LogP contribution in [0.25, 0.3) is 0 Å². The Kier molecular flexibility index (Phi) is 5.26. The number of hydrogen-bond acceptors (Lipinski definition) is 1. The molecule has 0 fully saturated rings. The van der Waals surface area contributed by atoms with Gasteiger partial charge >= 0.3 is 0 Å². The van der Waals surface area contributed by atoms with Gasteiger partial charge in [0, 0.05) is 6.54 Å². The summed E-state index contributed by atoms with van der Waals surface area (Å²) in [6.07, 6.45) is 6.41. The van der Waals surface area contributed by atoms with Crippen molar-refractivity contribution in [3.63, 3.8) is 0 Å². The maximum atomic E-state index is 3.60. The zero-order valence-corrected chi connectivity index (χ0v) is 13.8. The van der Waals surface area contributed by atoms with E-state index in [2.05, 4.69) is 51.2 Å². The van der Waals surface area contributed by atoms with Crippen molar-refractivity contribution in [2.24, 2.45) is 11.3 Å². The van der Waals surface area contributed by atoms with Crippen molar-refractivity contribution in [2.45, 2.75) is 59.8 Å². The second kappa shape index (κ2) is 6.76. The molecule has 0 heterocycles. The van der Waals surface area contributed by atoms with Crippen LogP contribution in [0, 0.1) is 11.3 Å². The maximum Gasteiger partial charge on any atom is 0.000274 e. The van der Waals surface area contributed by atoms with E-state index in [1.807, 2.05) is 0 Å². The fourth-order valence-corrected chi connectivity index (χ4v) is 3.05. The highest BCUT2D eigenvalue weighted by Gasteiger charge is 2.18. The standard InChI is InChI=1S/C19H31N/c1-15(2)13-20-14-19(3,4)11-10-16-8-9-17-6-5-7-18(17)12-16/h8-9,12,15,20H,5-7,10-11,13-14H2,1-4H3. The Morgan fingerprint density at radius 2 is 1.90 bits per heavy atom. The van der Waals surface area contributed by atoms with Crippen LogP contribution in [0.1, 0.15) is 57.2 Å². The van der Waals surface area contributed by atoms with Gasteiger partial charge in [-0.25, -0.2) is 0 Å². The molecule has 0 bridgehead atoms. The van der Waals surface area contributed by atoms with E-state index in [9.17, 15) is 0 Å². The molecule has 1 aromatic carbocycles. The molecular weight excluding hydrogens is 242 g/mol. The molecule has 1 aliphatic carbocycles. The summed E-state index contributed by atoms with van der Waals surface area (Å²) < 4.78 is 0. The van der Waals surface area contributed by atoms with Gasteiger partial charge in [-0.3, -0.25) is 0 Å². The Labute approximate surface area is 125 Å². The van der Waals surface area contributed by atoms with Gasteiger partial charge in [0.15, 0.2) is 0 Å². The fourth-order valence-electron chi connectivity index (χ4n) is 3.05. The minimum absolute atomic E-state index is 0.383. The largest absolute Gasteiger partial charge is 0.316 e. The molecule has 0 saturated heterocycles. The molecule has 0 saturated carbocycles. The van der Waals surface area contributed by atoms with Crippen LogP contribution < -0.4 is 5.32 Å². The smallest absolute Gasteiger partial charge is 0.000274 e. The lowest BCUT2D eigenvalue weighted by molar-refractivity contribution is 0.308. The first-order chi connectivity index (χ1) is 9.46. The number of aryl methyl sites for hydroxylation is 3. The average molecular weight is 273 g/mol. The lowest BCUT2D eigenvalue weighted by Crippen LogP contribution is -2.32. The van der Waals surface area contributed by atoms with Crippen LogP contribution in [-0.4, -0.2) is 13.1 Å². The highest BCUT2D eigenvalue weighted by Crippen LogP contribution is 2.26.